The Morgan fingerprint density at radius 3 is 2.69 bits per heavy atom. The summed E-state index contributed by atoms with van der Waals surface area (Å²) in [6, 6.07) is 10.5. The summed E-state index contributed by atoms with van der Waals surface area (Å²) < 4.78 is 0. The number of thioether (sulfide) groups is 1. The van der Waals surface area contributed by atoms with E-state index in [2.05, 4.69) is 39.9 Å². The molecule has 0 atom stereocenters. The Morgan fingerprint density at radius 2 is 2.06 bits per heavy atom. The lowest BCUT2D eigenvalue weighted by atomic mass is 10.4. The third-order valence-electron chi connectivity index (χ3n) is 2.09. The van der Waals surface area contributed by atoms with E-state index in [1.807, 2.05) is 24.9 Å². The molecule has 88 valence electrons. The van der Waals surface area contributed by atoms with Crippen molar-refractivity contribution in [2.75, 3.05) is 26.4 Å². The fourth-order valence-electron chi connectivity index (χ4n) is 1.26. The largest absolute Gasteiger partial charge is 0.359 e. The van der Waals surface area contributed by atoms with Gasteiger partial charge < -0.3 is 10.6 Å². The van der Waals surface area contributed by atoms with E-state index in [1.54, 1.807) is 7.05 Å². The zero-order valence-corrected chi connectivity index (χ0v) is 10.7. The van der Waals surface area contributed by atoms with Gasteiger partial charge in [-0.2, -0.15) is 0 Å². The number of benzene rings is 1. The molecular formula is C12H19N3S. The monoisotopic (exact) mass is 237 g/mol. The van der Waals surface area contributed by atoms with Crippen molar-refractivity contribution in [3.63, 3.8) is 0 Å². The number of nitrogens with zero attached hydrogens (tertiary/aromatic N) is 1. The second-order valence-corrected chi connectivity index (χ2v) is 4.43. The first kappa shape index (κ1) is 12.9. The van der Waals surface area contributed by atoms with Gasteiger partial charge in [0.2, 0.25) is 0 Å². The first-order valence-electron chi connectivity index (χ1n) is 5.43. The lowest BCUT2D eigenvalue weighted by molar-refractivity contribution is 0.819. The van der Waals surface area contributed by atoms with Crippen LogP contribution >= 0.6 is 11.8 Å². The van der Waals surface area contributed by atoms with Crippen LogP contribution in [-0.2, 0) is 0 Å². The predicted octanol–water partition coefficient (Wildman–Crippen LogP) is 1.96. The third kappa shape index (κ3) is 5.07. The fourth-order valence-corrected chi connectivity index (χ4v) is 2.14. The van der Waals surface area contributed by atoms with E-state index in [4.69, 9.17) is 0 Å². The minimum Gasteiger partial charge on any atom is -0.359 e. The maximum Gasteiger partial charge on any atom is 0.190 e. The Labute approximate surface area is 102 Å². The van der Waals surface area contributed by atoms with E-state index in [-0.39, 0.29) is 0 Å². The molecule has 0 fully saturated rings. The standard InChI is InChI=1S/C12H19N3S/c1-13-12(14-2)15-9-6-10-16-11-7-4-3-5-8-11/h3-5,7-8H,6,9-10H2,1-2H3,(H2,13,14,15). The molecule has 0 aromatic heterocycles. The zero-order valence-electron chi connectivity index (χ0n) is 9.86. The second-order valence-electron chi connectivity index (χ2n) is 3.26. The fraction of sp³-hybridized carbons (Fsp3) is 0.417. The minimum atomic E-state index is 0.852. The van der Waals surface area contributed by atoms with Gasteiger partial charge >= 0.3 is 0 Å². The quantitative estimate of drug-likeness (QED) is 0.356. The van der Waals surface area contributed by atoms with Crippen LogP contribution in [0.1, 0.15) is 6.42 Å². The van der Waals surface area contributed by atoms with Gasteiger partial charge in [-0.15, -0.1) is 11.8 Å². The highest BCUT2D eigenvalue weighted by molar-refractivity contribution is 7.99. The van der Waals surface area contributed by atoms with Crippen LogP contribution < -0.4 is 10.6 Å². The summed E-state index contributed by atoms with van der Waals surface area (Å²) in [5, 5.41) is 6.22. The van der Waals surface area contributed by atoms with Crippen molar-refractivity contribution in [2.24, 2.45) is 4.99 Å². The Balaban J connectivity index is 2.09. The van der Waals surface area contributed by atoms with Crippen molar-refractivity contribution in [1.29, 1.82) is 0 Å². The molecule has 0 saturated heterocycles. The number of nitrogens with one attached hydrogen (secondary N) is 2. The molecule has 0 amide bonds. The van der Waals surface area contributed by atoms with Gasteiger partial charge in [0.1, 0.15) is 0 Å². The lowest BCUT2D eigenvalue weighted by Gasteiger charge is -2.07. The summed E-state index contributed by atoms with van der Waals surface area (Å²) in [6.07, 6.45) is 1.13. The Morgan fingerprint density at radius 1 is 1.31 bits per heavy atom. The van der Waals surface area contributed by atoms with Crippen LogP contribution in [0.3, 0.4) is 0 Å². The van der Waals surface area contributed by atoms with Gasteiger partial charge in [-0.1, -0.05) is 18.2 Å². The van der Waals surface area contributed by atoms with Crippen molar-refractivity contribution in [1.82, 2.24) is 10.6 Å². The average Bonchev–Trinajstić information content (AvgIpc) is 2.35. The topological polar surface area (TPSA) is 36.4 Å². The smallest absolute Gasteiger partial charge is 0.190 e. The highest BCUT2D eigenvalue weighted by Crippen LogP contribution is 2.17. The van der Waals surface area contributed by atoms with Crippen molar-refractivity contribution < 1.29 is 0 Å². The van der Waals surface area contributed by atoms with Crippen molar-refractivity contribution >= 4 is 17.7 Å². The first-order valence-corrected chi connectivity index (χ1v) is 6.41. The van der Waals surface area contributed by atoms with E-state index < -0.39 is 0 Å². The van der Waals surface area contributed by atoms with Crippen molar-refractivity contribution in [3.05, 3.63) is 30.3 Å². The van der Waals surface area contributed by atoms with Gasteiger partial charge in [-0.3, -0.25) is 4.99 Å². The molecule has 1 rings (SSSR count). The summed E-state index contributed by atoms with van der Waals surface area (Å²) in [5.74, 6) is 1.97. The molecule has 1 aromatic rings. The molecule has 0 saturated carbocycles. The Kier molecular flexibility index (Phi) is 6.49. The molecule has 0 aliphatic heterocycles. The van der Waals surface area contributed by atoms with Gasteiger partial charge in [-0.25, -0.2) is 0 Å². The summed E-state index contributed by atoms with van der Waals surface area (Å²) in [6.45, 7) is 0.952. The van der Waals surface area contributed by atoms with Crippen molar-refractivity contribution in [3.8, 4) is 0 Å². The molecule has 1 aromatic carbocycles. The molecule has 0 bridgehead atoms. The van der Waals surface area contributed by atoms with Gasteiger partial charge in [0.25, 0.3) is 0 Å². The maximum absolute atomic E-state index is 4.05. The van der Waals surface area contributed by atoms with Gasteiger partial charge in [0.05, 0.1) is 0 Å². The number of guanidine groups is 1. The van der Waals surface area contributed by atoms with Crippen LogP contribution in [0.15, 0.2) is 40.2 Å². The van der Waals surface area contributed by atoms with Crippen LogP contribution in [0.5, 0.6) is 0 Å². The number of aliphatic imine (C=N–C) groups is 1. The van der Waals surface area contributed by atoms with Crippen LogP contribution in [0.2, 0.25) is 0 Å². The highest BCUT2D eigenvalue weighted by Gasteiger charge is 1.94. The molecular weight excluding hydrogens is 218 g/mol. The van der Waals surface area contributed by atoms with Gasteiger partial charge in [0.15, 0.2) is 5.96 Å². The molecule has 4 heteroatoms. The normalized spacial score (nSPS) is 11.2. The van der Waals surface area contributed by atoms with Crippen LogP contribution in [0.4, 0.5) is 0 Å². The molecule has 0 unspecified atom stereocenters. The summed E-state index contributed by atoms with van der Waals surface area (Å²) >= 11 is 1.89. The SMILES string of the molecule is CN=C(NC)NCCCSc1ccccc1. The number of hydrogen-bond acceptors (Lipinski definition) is 2. The van der Waals surface area contributed by atoms with Crippen LogP contribution in [-0.4, -0.2) is 32.4 Å². The average molecular weight is 237 g/mol. The van der Waals surface area contributed by atoms with Crippen LogP contribution in [0.25, 0.3) is 0 Å². The summed E-state index contributed by atoms with van der Waals surface area (Å²) in [5.41, 5.74) is 0. The molecule has 0 aliphatic carbocycles. The van der Waals surface area contributed by atoms with Gasteiger partial charge in [-0.05, 0) is 24.3 Å². The Bertz CT molecular complexity index is 311. The molecule has 2 N–H and O–H groups in total. The van der Waals surface area contributed by atoms with Gasteiger partial charge in [0, 0.05) is 25.5 Å². The second kappa shape index (κ2) is 8.05. The lowest BCUT2D eigenvalue weighted by Crippen LogP contribution is -2.35. The Hall–Kier alpha value is -1.16. The molecule has 3 nitrogen and oxygen atoms in total. The summed E-state index contributed by atoms with van der Waals surface area (Å²) in [4.78, 5) is 5.38. The van der Waals surface area contributed by atoms with E-state index in [9.17, 15) is 0 Å². The summed E-state index contributed by atoms with van der Waals surface area (Å²) in [7, 11) is 3.64. The highest BCUT2D eigenvalue weighted by atomic mass is 32.2. The van der Waals surface area contributed by atoms with E-state index in [0.29, 0.717) is 0 Å². The molecule has 0 aliphatic rings. The van der Waals surface area contributed by atoms with Crippen molar-refractivity contribution in [2.45, 2.75) is 11.3 Å². The third-order valence-corrected chi connectivity index (χ3v) is 3.18. The van der Waals surface area contributed by atoms with E-state index in [0.717, 1.165) is 24.7 Å². The number of rotatable bonds is 5. The zero-order chi connectivity index (χ0) is 11.6. The molecule has 16 heavy (non-hydrogen) atoms. The number of hydrogen-bond donors (Lipinski definition) is 2. The predicted molar refractivity (Wildman–Crippen MR) is 72.2 cm³/mol. The van der Waals surface area contributed by atoms with Crippen LogP contribution in [0, 0.1) is 0 Å². The van der Waals surface area contributed by atoms with E-state index in [1.165, 1.54) is 4.90 Å². The molecule has 0 heterocycles. The minimum absolute atomic E-state index is 0.852. The van der Waals surface area contributed by atoms with E-state index >= 15 is 0 Å². The maximum atomic E-state index is 4.05. The molecule has 0 radical (unpaired) electrons. The molecule has 0 spiro atoms. The first-order chi connectivity index (χ1) is 7.86.